The zero-order chi connectivity index (χ0) is 19.6. The zero-order valence-electron chi connectivity index (χ0n) is 15.3. The highest BCUT2D eigenvalue weighted by Gasteiger charge is 2.09. The second-order valence-corrected chi connectivity index (χ2v) is 6.83. The van der Waals surface area contributed by atoms with Gasteiger partial charge in [-0.15, -0.1) is 0 Å². The molecular formula is C20H22BrN3O3. The Labute approximate surface area is 167 Å². The largest absolute Gasteiger partial charge is 0.493 e. The number of benzene rings is 2. The fourth-order valence-electron chi connectivity index (χ4n) is 2.16. The third-order valence-electron chi connectivity index (χ3n) is 3.48. The van der Waals surface area contributed by atoms with Gasteiger partial charge >= 0.3 is 0 Å². The van der Waals surface area contributed by atoms with Crippen LogP contribution in [0.25, 0.3) is 0 Å². The number of nitrogens with zero attached hydrogens (tertiary/aromatic N) is 1. The van der Waals surface area contributed by atoms with Gasteiger partial charge in [0.2, 0.25) is 11.8 Å². The van der Waals surface area contributed by atoms with Gasteiger partial charge in [-0.3, -0.25) is 9.59 Å². The molecule has 0 bridgehead atoms. The number of hydrazone groups is 1. The van der Waals surface area contributed by atoms with Crippen LogP contribution in [-0.2, 0) is 9.59 Å². The Morgan fingerprint density at radius 1 is 1.15 bits per heavy atom. The smallest absolute Gasteiger partial charge is 0.249 e. The lowest BCUT2D eigenvalue weighted by atomic mass is 10.2. The standard InChI is InChI=1S/C20H22BrN3O3/c1-3-10-27-18-9-6-16(21)11-15(18)13-22-24-20(26)12-19(25)23-17-7-4-14(2)5-8-17/h4-9,11,13H,3,10,12H2,1-2H3,(H,23,25)(H,24,26). The second kappa shape index (κ2) is 10.5. The summed E-state index contributed by atoms with van der Waals surface area (Å²) < 4.78 is 6.52. The quantitative estimate of drug-likeness (QED) is 0.376. The van der Waals surface area contributed by atoms with Crippen molar-refractivity contribution in [1.29, 1.82) is 0 Å². The number of nitrogens with one attached hydrogen (secondary N) is 2. The molecule has 0 atom stereocenters. The van der Waals surface area contributed by atoms with Crippen molar-refractivity contribution < 1.29 is 14.3 Å². The molecule has 2 aromatic rings. The van der Waals surface area contributed by atoms with E-state index in [1.165, 1.54) is 6.21 Å². The Bertz CT molecular complexity index is 820. The number of carbonyl (C=O) groups is 2. The van der Waals surface area contributed by atoms with Crippen molar-refractivity contribution in [3.8, 4) is 5.75 Å². The third-order valence-corrected chi connectivity index (χ3v) is 3.98. The monoisotopic (exact) mass is 431 g/mol. The van der Waals surface area contributed by atoms with Crippen LogP contribution in [0, 0.1) is 6.92 Å². The van der Waals surface area contributed by atoms with Crippen molar-refractivity contribution in [2.45, 2.75) is 26.7 Å². The predicted octanol–water partition coefficient (Wildman–Crippen LogP) is 4.03. The van der Waals surface area contributed by atoms with E-state index >= 15 is 0 Å². The molecule has 0 unspecified atom stereocenters. The first kappa shape index (κ1) is 20.6. The lowest BCUT2D eigenvalue weighted by Gasteiger charge is -2.08. The van der Waals surface area contributed by atoms with Crippen LogP contribution in [0.3, 0.4) is 0 Å². The molecule has 0 fully saturated rings. The topological polar surface area (TPSA) is 79.8 Å². The Morgan fingerprint density at radius 2 is 1.89 bits per heavy atom. The minimum atomic E-state index is -0.498. The van der Waals surface area contributed by atoms with Crippen LogP contribution < -0.4 is 15.5 Å². The summed E-state index contributed by atoms with van der Waals surface area (Å²) in [7, 11) is 0. The van der Waals surface area contributed by atoms with Crippen molar-refractivity contribution in [3.63, 3.8) is 0 Å². The second-order valence-electron chi connectivity index (χ2n) is 5.91. The van der Waals surface area contributed by atoms with Gasteiger partial charge in [-0.2, -0.15) is 5.10 Å². The summed E-state index contributed by atoms with van der Waals surface area (Å²) in [6.07, 6.45) is 2.06. The highest BCUT2D eigenvalue weighted by molar-refractivity contribution is 9.10. The number of anilines is 1. The van der Waals surface area contributed by atoms with Crippen molar-refractivity contribution >= 4 is 39.6 Å². The van der Waals surface area contributed by atoms with Crippen LogP contribution >= 0.6 is 15.9 Å². The molecule has 2 N–H and O–H groups in total. The van der Waals surface area contributed by atoms with Gasteiger partial charge in [-0.1, -0.05) is 40.5 Å². The van der Waals surface area contributed by atoms with Crippen LogP contribution in [0.4, 0.5) is 5.69 Å². The first-order chi connectivity index (χ1) is 13.0. The average molecular weight is 432 g/mol. The fraction of sp³-hybridized carbons (Fsp3) is 0.250. The van der Waals surface area contributed by atoms with E-state index in [9.17, 15) is 9.59 Å². The maximum absolute atomic E-state index is 11.9. The lowest BCUT2D eigenvalue weighted by Crippen LogP contribution is -2.24. The van der Waals surface area contributed by atoms with Crippen LogP contribution in [0.1, 0.15) is 30.9 Å². The number of halogens is 1. The van der Waals surface area contributed by atoms with Gasteiger partial charge < -0.3 is 10.1 Å². The molecule has 0 radical (unpaired) electrons. The molecule has 0 saturated heterocycles. The average Bonchev–Trinajstić information content (AvgIpc) is 2.63. The van der Waals surface area contributed by atoms with Gasteiger partial charge in [0.1, 0.15) is 12.2 Å². The van der Waals surface area contributed by atoms with E-state index in [0.29, 0.717) is 18.0 Å². The lowest BCUT2D eigenvalue weighted by molar-refractivity contribution is -0.126. The van der Waals surface area contributed by atoms with Crippen LogP contribution in [0.5, 0.6) is 5.75 Å². The summed E-state index contributed by atoms with van der Waals surface area (Å²) in [5.41, 5.74) is 4.82. The van der Waals surface area contributed by atoms with Crippen molar-refractivity contribution in [2.24, 2.45) is 5.10 Å². The van der Waals surface area contributed by atoms with E-state index in [1.54, 1.807) is 12.1 Å². The van der Waals surface area contributed by atoms with E-state index < -0.39 is 11.8 Å². The van der Waals surface area contributed by atoms with Gasteiger partial charge in [0.05, 0.1) is 12.8 Å². The Balaban J connectivity index is 1.88. The van der Waals surface area contributed by atoms with Crippen LogP contribution in [-0.4, -0.2) is 24.6 Å². The number of rotatable bonds is 8. The van der Waals surface area contributed by atoms with E-state index in [4.69, 9.17) is 4.74 Å². The van der Waals surface area contributed by atoms with Gasteiger partial charge in [0.25, 0.3) is 0 Å². The maximum Gasteiger partial charge on any atom is 0.249 e. The third kappa shape index (κ3) is 7.22. The molecule has 27 heavy (non-hydrogen) atoms. The van der Waals surface area contributed by atoms with Crippen molar-refractivity contribution in [3.05, 3.63) is 58.1 Å². The molecule has 0 aromatic heterocycles. The first-order valence-corrected chi connectivity index (χ1v) is 9.38. The van der Waals surface area contributed by atoms with Gasteiger partial charge in [0.15, 0.2) is 0 Å². The fourth-order valence-corrected chi connectivity index (χ4v) is 2.54. The molecule has 0 aliphatic rings. The van der Waals surface area contributed by atoms with Gasteiger partial charge in [-0.05, 0) is 43.7 Å². The van der Waals surface area contributed by atoms with Gasteiger partial charge in [-0.25, -0.2) is 5.43 Å². The van der Waals surface area contributed by atoms with Crippen molar-refractivity contribution in [2.75, 3.05) is 11.9 Å². The number of hydrogen-bond acceptors (Lipinski definition) is 4. The number of carbonyl (C=O) groups excluding carboxylic acids is 2. The predicted molar refractivity (Wildman–Crippen MR) is 110 cm³/mol. The number of hydrogen-bond donors (Lipinski definition) is 2. The number of ether oxygens (including phenoxy) is 1. The molecule has 2 amide bonds. The van der Waals surface area contributed by atoms with E-state index in [2.05, 4.69) is 31.8 Å². The SMILES string of the molecule is CCCOc1ccc(Br)cc1C=NNC(=O)CC(=O)Nc1ccc(C)cc1. The molecule has 0 heterocycles. The van der Waals surface area contributed by atoms with Crippen LogP contribution in [0.15, 0.2) is 52.0 Å². The molecule has 6 nitrogen and oxygen atoms in total. The number of aryl methyl sites for hydroxylation is 1. The van der Waals surface area contributed by atoms with Crippen molar-refractivity contribution in [1.82, 2.24) is 5.43 Å². The minimum absolute atomic E-state index is 0.317. The Hall–Kier alpha value is -2.67. The molecule has 2 aromatic carbocycles. The summed E-state index contributed by atoms with van der Waals surface area (Å²) in [4.78, 5) is 23.8. The molecule has 0 aliphatic carbocycles. The van der Waals surface area contributed by atoms with E-state index in [0.717, 1.165) is 22.0 Å². The van der Waals surface area contributed by atoms with Gasteiger partial charge in [0, 0.05) is 15.7 Å². The molecule has 7 heteroatoms. The Morgan fingerprint density at radius 3 is 2.59 bits per heavy atom. The van der Waals surface area contributed by atoms with Crippen LogP contribution in [0.2, 0.25) is 0 Å². The molecule has 0 saturated carbocycles. The summed E-state index contributed by atoms with van der Waals surface area (Å²) in [5, 5.41) is 6.59. The summed E-state index contributed by atoms with van der Waals surface area (Å²) in [6.45, 7) is 4.57. The highest BCUT2D eigenvalue weighted by atomic mass is 79.9. The molecular weight excluding hydrogens is 410 g/mol. The maximum atomic E-state index is 11.9. The summed E-state index contributed by atoms with van der Waals surface area (Å²) in [5.74, 6) is -0.224. The first-order valence-electron chi connectivity index (χ1n) is 8.58. The van der Waals surface area contributed by atoms with E-state index in [1.807, 2.05) is 44.2 Å². The molecule has 2 rings (SSSR count). The molecule has 0 spiro atoms. The zero-order valence-corrected chi connectivity index (χ0v) is 16.9. The molecule has 0 aliphatic heterocycles. The summed E-state index contributed by atoms with van der Waals surface area (Å²) >= 11 is 3.40. The molecule has 142 valence electrons. The summed E-state index contributed by atoms with van der Waals surface area (Å²) in [6, 6.07) is 12.9. The number of amides is 2. The Kier molecular flexibility index (Phi) is 8.00. The highest BCUT2D eigenvalue weighted by Crippen LogP contribution is 2.22. The minimum Gasteiger partial charge on any atom is -0.493 e. The van der Waals surface area contributed by atoms with E-state index in [-0.39, 0.29) is 6.42 Å². The normalized spacial score (nSPS) is 10.6.